The molecule has 0 saturated heterocycles. The fraction of sp³-hybridized carbons (Fsp3) is 0.111. The van der Waals surface area contributed by atoms with Crippen LogP contribution in [0.1, 0.15) is 0 Å². The van der Waals surface area contributed by atoms with Crippen molar-refractivity contribution in [2.75, 3.05) is 10.9 Å². The van der Waals surface area contributed by atoms with E-state index in [-0.39, 0.29) is 11.4 Å². The maximum atomic E-state index is 12.1. The summed E-state index contributed by atoms with van der Waals surface area (Å²) in [7, 11) is 0. The minimum Gasteiger partial charge on any atom is -0.399 e. The van der Waals surface area contributed by atoms with Crippen LogP contribution in [0.4, 0.5) is 30.2 Å². The van der Waals surface area contributed by atoms with E-state index in [1.54, 1.807) is 0 Å². The quantitative estimate of drug-likeness (QED) is 0.520. The number of amides is 1. The molecule has 19 heavy (non-hydrogen) atoms. The van der Waals surface area contributed by atoms with Crippen LogP contribution in [-0.4, -0.2) is 23.3 Å². The molecule has 0 radical (unpaired) electrons. The fourth-order valence-electron chi connectivity index (χ4n) is 1.34. The van der Waals surface area contributed by atoms with E-state index in [0.29, 0.717) is 10.9 Å². The Balaban J connectivity index is 2.26. The molecule has 0 unspecified atom stereocenters. The molecule has 7 nitrogen and oxygen atoms in total. The van der Waals surface area contributed by atoms with E-state index in [9.17, 15) is 23.2 Å². The third-order valence-corrected chi connectivity index (χ3v) is 2.16. The lowest BCUT2D eigenvalue weighted by molar-refractivity contribution is -0.172. The topological polar surface area (TPSA) is 103 Å². The maximum Gasteiger partial charge on any atom is 0.471 e. The number of nitrogens with zero attached hydrogens (tertiary/aromatic N) is 2. The standard InChI is InChI=1S/C9H8F3N5O2/c10-9(11,12)7(18)15-8-14-5-2-1-4(13)3-6(5)17(19)16-8/h1-3,19H,13H2,(H2,14,15,16,18). The number of hydrogen-bond donors (Lipinski definition) is 4. The van der Waals surface area contributed by atoms with Crippen molar-refractivity contribution in [2.24, 2.45) is 4.99 Å². The smallest absolute Gasteiger partial charge is 0.399 e. The number of benzene rings is 1. The van der Waals surface area contributed by atoms with Crippen molar-refractivity contribution in [2.45, 2.75) is 6.18 Å². The van der Waals surface area contributed by atoms with Gasteiger partial charge in [-0.3, -0.25) is 15.3 Å². The number of nitrogens with one attached hydrogen (secondary N) is 2. The second-order valence-corrected chi connectivity index (χ2v) is 3.58. The normalized spacial score (nSPS) is 14.3. The zero-order chi connectivity index (χ0) is 14.2. The minimum absolute atomic E-state index is 0.144. The molecule has 1 amide bonds. The van der Waals surface area contributed by atoms with Gasteiger partial charge in [0.25, 0.3) is 0 Å². The van der Waals surface area contributed by atoms with Crippen LogP contribution in [0, 0.1) is 0 Å². The predicted molar refractivity (Wildman–Crippen MR) is 59.5 cm³/mol. The van der Waals surface area contributed by atoms with E-state index in [0.717, 1.165) is 0 Å². The second-order valence-electron chi connectivity index (χ2n) is 3.58. The van der Waals surface area contributed by atoms with Crippen molar-refractivity contribution >= 4 is 28.9 Å². The van der Waals surface area contributed by atoms with Crippen molar-refractivity contribution in [3.63, 3.8) is 0 Å². The van der Waals surface area contributed by atoms with Crippen molar-refractivity contribution in [3.8, 4) is 0 Å². The van der Waals surface area contributed by atoms with Gasteiger partial charge in [0.2, 0.25) is 5.96 Å². The van der Waals surface area contributed by atoms with Crippen LogP contribution in [0.2, 0.25) is 0 Å². The highest BCUT2D eigenvalue weighted by Crippen LogP contribution is 2.31. The third kappa shape index (κ3) is 2.68. The number of halogens is 3. The van der Waals surface area contributed by atoms with Crippen LogP contribution in [0.25, 0.3) is 0 Å². The van der Waals surface area contributed by atoms with Gasteiger partial charge in [0.15, 0.2) is 0 Å². The van der Waals surface area contributed by atoms with Crippen molar-refractivity contribution in [3.05, 3.63) is 18.2 Å². The zero-order valence-electron chi connectivity index (χ0n) is 9.19. The molecule has 1 aromatic rings. The van der Waals surface area contributed by atoms with Gasteiger partial charge >= 0.3 is 12.1 Å². The first-order valence-corrected chi connectivity index (χ1v) is 4.89. The number of hydrogen-bond acceptors (Lipinski definition) is 6. The number of rotatable bonds is 0. The molecule has 0 aliphatic carbocycles. The molecular formula is C9H8F3N5O2. The Kier molecular flexibility index (Phi) is 2.94. The summed E-state index contributed by atoms with van der Waals surface area (Å²) in [6.07, 6.45) is -5.05. The minimum atomic E-state index is -5.05. The molecule has 5 N–H and O–H groups in total. The molecule has 10 heteroatoms. The molecule has 1 aromatic carbocycles. The van der Waals surface area contributed by atoms with Crippen LogP contribution in [0.5, 0.6) is 0 Å². The molecule has 1 heterocycles. The number of fused-ring (bicyclic) bond motifs is 1. The summed E-state index contributed by atoms with van der Waals surface area (Å²) in [5, 5.41) is 11.4. The average molecular weight is 275 g/mol. The summed E-state index contributed by atoms with van der Waals surface area (Å²) in [6.45, 7) is 0. The highest BCUT2D eigenvalue weighted by molar-refractivity contribution is 6.02. The molecule has 0 fully saturated rings. The molecule has 2 rings (SSSR count). The maximum absolute atomic E-state index is 12.1. The number of alkyl halides is 3. The number of carbonyl (C=O) groups excluding carboxylic acids is 1. The monoisotopic (exact) mass is 275 g/mol. The Morgan fingerprint density at radius 2 is 2.16 bits per heavy atom. The summed E-state index contributed by atoms with van der Waals surface area (Å²) in [5.74, 6) is -2.76. The largest absolute Gasteiger partial charge is 0.471 e. The van der Waals surface area contributed by atoms with Gasteiger partial charge in [-0.15, -0.1) is 0 Å². The van der Waals surface area contributed by atoms with Gasteiger partial charge < -0.3 is 5.73 Å². The van der Waals surface area contributed by atoms with E-state index in [1.165, 1.54) is 23.5 Å². The fourth-order valence-corrected chi connectivity index (χ4v) is 1.34. The van der Waals surface area contributed by atoms with Gasteiger partial charge in [0, 0.05) is 5.69 Å². The zero-order valence-corrected chi connectivity index (χ0v) is 9.19. The molecule has 0 atom stereocenters. The van der Waals surface area contributed by atoms with Crippen LogP contribution in [-0.2, 0) is 4.79 Å². The molecule has 0 bridgehead atoms. The number of nitrogen functional groups attached to an aromatic ring is 1. The first-order chi connectivity index (χ1) is 8.77. The van der Waals surface area contributed by atoms with Crippen molar-refractivity contribution in [1.29, 1.82) is 0 Å². The van der Waals surface area contributed by atoms with Crippen LogP contribution >= 0.6 is 0 Å². The summed E-state index contributed by atoms with van der Waals surface area (Å²) in [5.41, 5.74) is 8.16. The molecule has 1 aliphatic rings. The summed E-state index contributed by atoms with van der Waals surface area (Å²) in [6, 6.07) is 4.19. The highest BCUT2D eigenvalue weighted by Gasteiger charge is 2.39. The van der Waals surface area contributed by atoms with Gasteiger partial charge in [0.05, 0.1) is 5.69 Å². The van der Waals surface area contributed by atoms with Gasteiger partial charge in [-0.2, -0.15) is 18.3 Å². The van der Waals surface area contributed by atoms with E-state index in [4.69, 9.17) is 5.73 Å². The Morgan fingerprint density at radius 1 is 1.47 bits per heavy atom. The number of guanidine groups is 1. The number of anilines is 2. The Hall–Kier alpha value is -2.49. The van der Waals surface area contributed by atoms with E-state index < -0.39 is 18.0 Å². The number of carbonyl (C=O) groups is 1. The van der Waals surface area contributed by atoms with Crippen molar-refractivity contribution < 1.29 is 23.2 Å². The van der Waals surface area contributed by atoms with Gasteiger partial charge in [0.1, 0.15) is 5.69 Å². The third-order valence-electron chi connectivity index (χ3n) is 2.16. The summed E-state index contributed by atoms with van der Waals surface area (Å²) < 4.78 is 36.2. The van der Waals surface area contributed by atoms with Gasteiger partial charge in [-0.25, -0.2) is 10.4 Å². The predicted octanol–water partition coefficient (Wildman–Crippen LogP) is 0.649. The lowest BCUT2D eigenvalue weighted by Gasteiger charge is -2.26. The lowest BCUT2D eigenvalue weighted by Crippen LogP contribution is -2.53. The summed E-state index contributed by atoms with van der Waals surface area (Å²) in [4.78, 5) is 14.4. The van der Waals surface area contributed by atoms with E-state index in [2.05, 4.69) is 10.4 Å². The Bertz CT molecular complexity index is 557. The van der Waals surface area contributed by atoms with Crippen molar-refractivity contribution in [1.82, 2.24) is 10.7 Å². The Morgan fingerprint density at radius 3 is 2.79 bits per heavy atom. The first-order valence-electron chi connectivity index (χ1n) is 4.89. The average Bonchev–Trinajstić information content (AvgIpc) is 2.29. The molecular weight excluding hydrogens is 267 g/mol. The highest BCUT2D eigenvalue weighted by atomic mass is 19.4. The number of aliphatic imine (C=N–C) groups is 1. The molecule has 1 aliphatic heterocycles. The summed E-state index contributed by atoms with van der Waals surface area (Å²) >= 11 is 0. The van der Waals surface area contributed by atoms with Crippen LogP contribution < -0.4 is 21.6 Å². The first kappa shape index (κ1) is 13.0. The van der Waals surface area contributed by atoms with E-state index in [1.807, 2.05) is 0 Å². The molecule has 0 saturated carbocycles. The van der Waals surface area contributed by atoms with Crippen LogP contribution in [0.3, 0.4) is 0 Å². The van der Waals surface area contributed by atoms with E-state index >= 15 is 0 Å². The second kappa shape index (κ2) is 4.31. The Labute approximate surface area is 104 Å². The molecule has 102 valence electrons. The van der Waals surface area contributed by atoms with Gasteiger partial charge in [-0.05, 0) is 18.2 Å². The van der Waals surface area contributed by atoms with Gasteiger partial charge in [-0.1, -0.05) is 0 Å². The number of nitrogens with two attached hydrogens (primary N) is 1. The molecule has 0 spiro atoms. The number of hydrazine groups is 1. The van der Waals surface area contributed by atoms with Crippen LogP contribution in [0.15, 0.2) is 23.2 Å². The SMILES string of the molecule is Nc1ccc2c(c1)N(O)NC(NC(=O)C(F)(F)F)=N2. The molecule has 0 aromatic heterocycles. The lowest BCUT2D eigenvalue weighted by atomic mass is 10.2.